The van der Waals surface area contributed by atoms with Crippen molar-refractivity contribution in [2.75, 3.05) is 19.6 Å². The second-order valence-electron chi connectivity index (χ2n) is 5.46. The van der Waals surface area contributed by atoms with Crippen LogP contribution in [0, 0.1) is 0 Å². The quantitative estimate of drug-likeness (QED) is 0.792. The Kier molecular flexibility index (Phi) is 5.76. The van der Waals surface area contributed by atoms with Gasteiger partial charge in [0.25, 0.3) is 5.91 Å². The first-order chi connectivity index (χ1) is 10.1. The first-order valence-corrected chi connectivity index (χ1v) is 8.25. The molecule has 2 N–H and O–H groups in total. The number of piperidine rings is 1. The van der Waals surface area contributed by atoms with Gasteiger partial charge in [-0.25, -0.2) is 4.79 Å². The molecule has 1 saturated heterocycles. The molecule has 1 aliphatic rings. The number of nitrogens with zero attached hydrogens (tertiary/aromatic N) is 1. The topological polar surface area (TPSA) is 69.6 Å². The molecule has 1 aliphatic heterocycles. The number of carbonyl (C=O) groups excluding carboxylic acids is 1. The minimum Gasteiger partial charge on any atom is -0.477 e. The molecule has 2 rings (SSSR count). The predicted molar refractivity (Wildman–Crippen MR) is 83.1 cm³/mol. The molecule has 0 bridgehead atoms. The van der Waals surface area contributed by atoms with Crippen molar-refractivity contribution in [1.29, 1.82) is 0 Å². The van der Waals surface area contributed by atoms with Crippen molar-refractivity contribution in [3.05, 3.63) is 21.9 Å². The molecule has 1 aromatic heterocycles. The number of thiophene rings is 1. The van der Waals surface area contributed by atoms with Crippen molar-refractivity contribution >= 4 is 23.2 Å². The lowest BCUT2D eigenvalue weighted by molar-refractivity contribution is 0.0702. The van der Waals surface area contributed by atoms with Crippen LogP contribution < -0.4 is 5.32 Å². The number of hydrogen-bond acceptors (Lipinski definition) is 4. The molecule has 1 atom stereocenters. The molecule has 21 heavy (non-hydrogen) atoms. The van der Waals surface area contributed by atoms with Crippen LogP contribution in [0.5, 0.6) is 0 Å². The summed E-state index contributed by atoms with van der Waals surface area (Å²) in [5.74, 6) is -1.17. The smallest absolute Gasteiger partial charge is 0.345 e. The molecule has 6 heteroatoms. The number of carboxylic acids is 1. The van der Waals surface area contributed by atoms with Crippen LogP contribution in [0.1, 0.15) is 52.0 Å². The van der Waals surface area contributed by atoms with Crippen LogP contribution in [0.4, 0.5) is 0 Å². The highest BCUT2D eigenvalue weighted by Gasteiger charge is 2.17. The Hall–Kier alpha value is -1.40. The SMILES string of the molecule is CC1CCCCN1CCCNC(=O)c1ccc(C(=O)O)s1. The van der Waals surface area contributed by atoms with E-state index < -0.39 is 5.97 Å². The van der Waals surface area contributed by atoms with E-state index in [1.165, 1.54) is 25.3 Å². The molecule has 1 amide bonds. The number of nitrogens with one attached hydrogen (secondary N) is 1. The van der Waals surface area contributed by atoms with Gasteiger partial charge in [0.1, 0.15) is 4.88 Å². The lowest BCUT2D eigenvalue weighted by Crippen LogP contribution is -2.39. The average Bonchev–Trinajstić information content (AvgIpc) is 2.95. The molecule has 5 nitrogen and oxygen atoms in total. The summed E-state index contributed by atoms with van der Waals surface area (Å²) in [6.45, 7) is 5.05. The van der Waals surface area contributed by atoms with E-state index in [4.69, 9.17) is 5.11 Å². The highest BCUT2D eigenvalue weighted by Crippen LogP contribution is 2.17. The van der Waals surface area contributed by atoms with E-state index in [1.54, 1.807) is 6.07 Å². The number of hydrogen-bond donors (Lipinski definition) is 2. The van der Waals surface area contributed by atoms with E-state index >= 15 is 0 Å². The summed E-state index contributed by atoms with van der Waals surface area (Å²) in [5.41, 5.74) is 0. The van der Waals surface area contributed by atoms with Crippen molar-refractivity contribution in [2.24, 2.45) is 0 Å². The van der Waals surface area contributed by atoms with E-state index in [2.05, 4.69) is 17.1 Å². The third-order valence-corrected chi connectivity index (χ3v) is 4.96. The molecule has 0 spiro atoms. The van der Waals surface area contributed by atoms with Gasteiger partial charge in [-0.3, -0.25) is 4.79 Å². The summed E-state index contributed by atoms with van der Waals surface area (Å²) in [6, 6.07) is 3.68. The monoisotopic (exact) mass is 310 g/mol. The average molecular weight is 310 g/mol. The van der Waals surface area contributed by atoms with Crippen molar-refractivity contribution in [2.45, 2.75) is 38.6 Å². The fourth-order valence-corrected chi connectivity index (χ4v) is 3.40. The molecule has 1 aromatic rings. The van der Waals surface area contributed by atoms with Gasteiger partial charge in [0.2, 0.25) is 0 Å². The second kappa shape index (κ2) is 7.56. The summed E-state index contributed by atoms with van der Waals surface area (Å²) in [5, 5.41) is 11.7. The zero-order valence-corrected chi connectivity index (χ0v) is 13.1. The summed E-state index contributed by atoms with van der Waals surface area (Å²) < 4.78 is 0. The van der Waals surface area contributed by atoms with Crippen molar-refractivity contribution < 1.29 is 14.7 Å². The third-order valence-electron chi connectivity index (χ3n) is 3.89. The van der Waals surface area contributed by atoms with Crippen LogP contribution in [0.25, 0.3) is 0 Å². The van der Waals surface area contributed by atoms with Gasteiger partial charge in [-0.2, -0.15) is 0 Å². The third kappa shape index (κ3) is 4.54. The maximum Gasteiger partial charge on any atom is 0.345 e. The molecule has 0 saturated carbocycles. The number of aromatic carboxylic acids is 1. The predicted octanol–water partition coefficient (Wildman–Crippen LogP) is 2.44. The Bertz CT molecular complexity index is 501. The zero-order chi connectivity index (χ0) is 15.2. The number of amides is 1. The van der Waals surface area contributed by atoms with Gasteiger partial charge in [0.15, 0.2) is 0 Å². The van der Waals surface area contributed by atoms with Gasteiger partial charge in [0.05, 0.1) is 4.88 Å². The van der Waals surface area contributed by atoms with Crippen LogP contribution >= 0.6 is 11.3 Å². The lowest BCUT2D eigenvalue weighted by Gasteiger charge is -2.33. The maximum absolute atomic E-state index is 11.9. The summed E-state index contributed by atoms with van der Waals surface area (Å²) >= 11 is 1.01. The van der Waals surface area contributed by atoms with Gasteiger partial charge >= 0.3 is 5.97 Å². The molecule has 0 aliphatic carbocycles. The Morgan fingerprint density at radius 2 is 2.14 bits per heavy atom. The zero-order valence-electron chi connectivity index (χ0n) is 12.3. The summed E-state index contributed by atoms with van der Waals surface area (Å²) in [7, 11) is 0. The van der Waals surface area contributed by atoms with E-state index in [-0.39, 0.29) is 10.8 Å². The van der Waals surface area contributed by atoms with Crippen molar-refractivity contribution in [1.82, 2.24) is 10.2 Å². The fourth-order valence-electron chi connectivity index (χ4n) is 2.64. The number of likely N-dealkylation sites (tertiary alicyclic amines) is 1. The molecular formula is C15H22N2O3S. The van der Waals surface area contributed by atoms with Crippen molar-refractivity contribution in [3.8, 4) is 0 Å². The van der Waals surface area contributed by atoms with Gasteiger partial charge in [-0.05, 0) is 44.9 Å². The molecule has 1 fully saturated rings. The molecular weight excluding hydrogens is 288 g/mol. The van der Waals surface area contributed by atoms with Gasteiger partial charge in [-0.15, -0.1) is 11.3 Å². The molecule has 116 valence electrons. The van der Waals surface area contributed by atoms with Gasteiger partial charge < -0.3 is 15.3 Å². The first-order valence-electron chi connectivity index (χ1n) is 7.43. The van der Waals surface area contributed by atoms with Crippen LogP contribution in [0.15, 0.2) is 12.1 Å². The number of rotatable bonds is 6. The normalized spacial score (nSPS) is 19.4. The Morgan fingerprint density at radius 3 is 2.81 bits per heavy atom. The molecule has 0 radical (unpaired) electrons. The van der Waals surface area contributed by atoms with Gasteiger partial charge in [0, 0.05) is 19.1 Å². The van der Waals surface area contributed by atoms with Crippen LogP contribution in [-0.2, 0) is 0 Å². The maximum atomic E-state index is 11.9. The summed E-state index contributed by atoms with van der Waals surface area (Å²) in [6.07, 6.45) is 4.77. The van der Waals surface area contributed by atoms with E-state index in [0.29, 0.717) is 17.5 Å². The Labute approximate surface area is 129 Å². The minimum atomic E-state index is -0.988. The van der Waals surface area contributed by atoms with E-state index in [1.807, 2.05) is 0 Å². The highest BCUT2D eigenvalue weighted by molar-refractivity contribution is 7.15. The van der Waals surface area contributed by atoms with Crippen LogP contribution in [0.3, 0.4) is 0 Å². The number of carboxylic acid groups (broad SMARTS) is 1. The van der Waals surface area contributed by atoms with Gasteiger partial charge in [-0.1, -0.05) is 6.42 Å². The highest BCUT2D eigenvalue weighted by atomic mass is 32.1. The summed E-state index contributed by atoms with van der Waals surface area (Å²) in [4.78, 5) is 25.8. The number of carbonyl (C=O) groups is 2. The van der Waals surface area contributed by atoms with E-state index in [0.717, 1.165) is 30.8 Å². The fraction of sp³-hybridized carbons (Fsp3) is 0.600. The van der Waals surface area contributed by atoms with Crippen LogP contribution in [0.2, 0.25) is 0 Å². The van der Waals surface area contributed by atoms with E-state index in [9.17, 15) is 9.59 Å². The lowest BCUT2D eigenvalue weighted by atomic mass is 10.0. The minimum absolute atomic E-state index is 0.181. The Morgan fingerprint density at radius 1 is 1.38 bits per heavy atom. The second-order valence-corrected chi connectivity index (χ2v) is 6.54. The largest absolute Gasteiger partial charge is 0.477 e. The molecule has 2 heterocycles. The molecule has 0 aromatic carbocycles. The van der Waals surface area contributed by atoms with Crippen molar-refractivity contribution in [3.63, 3.8) is 0 Å². The standard InChI is InChI=1S/C15H22N2O3S/c1-11-5-2-3-9-17(11)10-4-8-16-14(18)12-6-7-13(21-12)15(19)20/h6-7,11H,2-5,8-10H2,1H3,(H,16,18)(H,19,20). The van der Waals surface area contributed by atoms with Crippen LogP contribution in [-0.4, -0.2) is 47.6 Å². The first kappa shape index (κ1) is 16.0. The molecule has 1 unspecified atom stereocenters. The Balaban J connectivity index is 1.70.